The van der Waals surface area contributed by atoms with Crippen LogP contribution >= 0.6 is 0 Å². The maximum Gasteiger partial charge on any atom is 0.237 e. The Hall–Kier alpha value is -1.43. The van der Waals surface area contributed by atoms with Crippen molar-refractivity contribution >= 4 is 5.91 Å². The lowest BCUT2D eigenvalue weighted by Crippen LogP contribution is -2.53. The van der Waals surface area contributed by atoms with Gasteiger partial charge < -0.3 is 4.90 Å². The van der Waals surface area contributed by atoms with Gasteiger partial charge in [-0.2, -0.15) is 5.10 Å². The maximum absolute atomic E-state index is 13.0. The van der Waals surface area contributed by atoms with E-state index in [9.17, 15) is 4.79 Å². The van der Waals surface area contributed by atoms with Gasteiger partial charge in [-0.25, -0.2) is 4.98 Å². The lowest BCUT2D eigenvalue weighted by atomic mass is 9.78. The van der Waals surface area contributed by atoms with Crippen molar-refractivity contribution in [3.63, 3.8) is 0 Å². The molecule has 3 heterocycles. The Kier molecular flexibility index (Phi) is 4.83. The molecule has 2 saturated heterocycles. The summed E-state index contributed by atoms with van der Waals surface area (Å²) in [5.41, 5.74) is 0. The summed E-state index contributed by atoms with van der Waals surface area (Å²) in [6.07, 6.45) is 13.4. The molecule has 24 heavy (non-hydrogen) atoms. The van der Waals surface area contributed by atoms with E-state index in [1.807, 2.05) is 4.68 Å². The predicted octanol–water partition coefficient (Wildman–Crippen LogP) is 1.92. The molecule has 4 rings (SSSR count). The molecular weight excluding hydrogens is 302 g/mol. The Bertz CT molecular complexity index is 544. The molecule has 3 atom stereocenters. The second kappa shape index (κ2) is 7.21. The number of hydrogen-bond donors (Lipinski definition) is 0. The summed E-state index contributed by atoms with van der Waals surface area (Å²) >= 11 is 0. The zero-order valence-electron chi connectivity index (χ0n) is 14.5. The van der Waals surface area contributed by atoms with Crippen molar-refractivity contribution in [2.75, 3.05) is 19.6 Å². The molecule has 0 radical (unpaired) electrons. The number of rotatable bonds is 4. The lowest BCUT2D eigenvalue weighted by molar-refractivity contribution is -0.139. The van der Waals surface area contributed by atoms with Gasteiger partial charge in [0.15, 0.2) is 0 Å². The minimum Gasteiger partial charge on any atom is -0.338 e. The van der Waals surface area contributed by atoms with Crippen LogP contribution in [0.15, 0.2) is 12.7 Å². The number of amides is 1. The number of nitrogens with zero attached hydrogens (tertiary/aromatic N) is 5. The third-order valence-electron chi connectivity index (χ3n) is 6.27. The number of piperidine rings is 1. The molecule has 6 heteroatoms. The molecule has 1 amide bonds. The van der Waals surface area contributed by atoms with E-state index in [1.165, 1.54) is 44.9 Å². The van der Waals surface area contributed by atoms with Crippen LogP contribution in [0.1, 0.15) is 51.4 Å². The first kappa shape index (κ1) is 16.1. The van der Waals surface area contributed by atoms with Crippen molar-refractivity contribution < 1.29 is 4.79 Å². The van der Waals surface area contributed by atoms with Crippen molar-refractivity contribution in [3.8, 4) is 0 Å². The molecule has 1 aromatic rings. The van der Waals surface area contributed by atoms with Crippen LogP contribution in [0.2, 0.25) is 0 Å². The van der Waals surface area contributed by atoms with Gasteiger partial charge in [0.1, 0.15) is 12.7 Å². The molecule has 1 aliphatic carbocycles. The third kappa shape index (κ3) is 3.34. The topological polar surface area (TPSA) is 54.3 Å². The normalized spacial score (nSPS) is 31.2. The molecule has 3 aliphatic rings. The van der Waals surface area contributed by atoms with Crippen LogP contribution in [-0.4, -0.2) is 62.2 Å². The molecular formula is C18H29N5O. The highest BCUT2D eigenvalue weighted by molar-refractivity contribution is 5.78. The molecule has 0 aromatic carbocycles. The van der Waals surface area contributed by atoms with Gasteiger partial charge in [-0.3, -0.25) is 14.4 Å². The van der Waals surface area contributed by atoms with Crippen molar-refractivity contribution in [1.29, 1.82) is 0 Å². The van der Waals surface area contributed by atoms with Crippen LogP contribution in [0, 0.1) is 5.92 Å². The highest BCUT2D eigenvalue weighted by Gasteiger charge is 2.37. The van der Waals surface area contributed by atoms with Crippen LogP contribution in [0.3, 0.4) is 0 Å². The average Bonchev–Trinajstić information content (AvgIpc) is 3.27. The SMILES string of the molecule is O=C(CN1CCC[C@@H]1Cn1cncn1)N1CCC[C@H]2CCCC[C@H]21. The van der Waals surface area contributed by atoms with Gasteiger partial charge in [-0.15, -0.1) is 0 Å². The summed E-state index contributed by atoms with van der Waals surface area (Å²) < 4.78 is 1.89. The summed E-state index contributed by atoms with van der Waals surface area (Å²) in [6, 6.07) is 0.943. The first-order valence-electron chi connectivity index (χ1n) is 9.67. The van der Waals surface area contributed by atoms with Crippen molar-refractivity contribution in [3.05, 3.63) is 12.7 Å². The van der Waals surface area contributed by atoms with Gasteiger partial charge in [-0.05, 0) is 51.0 Å². The summed E-state index contributed by atoms with van der Waals surface area (Å²) in [5, 5.41) is 4.22. The summed E-state index contributed by atoms with van der Waals surface area (Å²) in [5.74, 6) is 1.12. The number of carbonyl (C=O) groups excluding carboxylic acids is 1. The highest BCUT2D eigenvalue weighted by Crippen LogP contribution is 2.35. The van der Waals surface area contributed by atoms with E-state index in [4.69, 9.17) is 0 Å². The monoisotopic (exact) mass is 331 g/mol. The molecule has 1 aromatic heterocycles. The van der Waals surface area contributed by atoms with Crippen LogP contribution in [-0.2, 0) is 11.3 Å². The molecule has 0 spiro atoms. The van der Waals surface area contributed by atoms with Gasteiger partial charge >= 0.3 is 0 Å². The quantitative estimate of drug-likeness (QED) is 0.846. The van der Waals surface area contributed by atoms with E-state index in [0.717, 1.165) is 32.0 Å². The molecule has 0 unspecified atom stereocenters. The van der Waals surface area contributed by atoms with Crippen molar-refractivity contribution in [2.24, 2.45) is 5.92 Å². The van der Waals surface area contributed by atoms with Crippen LogP contribution in [0.25, 0.3) is 0 Å². The highest BCUT2D eigenvalue weighted by atomic mass is 16.2. The fourth-order valence-corrected chi connectivity index (χ4v) is 5.05. The van der Waals surface area contributed by atoms with Crippen LogP contribution < -0.4 is 0 Å². The first-order valence-corrected chi connectivity index (χ1v) is 9.67. The van der Waals surface area contributed by atoms with E-state index in [-0.39, 0.29) is 0 Å². The van der Waals surface area contributed by atoms with E-state index >= 15 is 0 Å². The molecule has 3 fully saturated rings. The van der Waals surface area contributed by atoms with E-state index in [0.29, 0.717) is 24.5 Å². The maximum atomic E-state index is 13.0. The fraction of sp³-hybridized carbons (Fsp3) is 0.833. The van der Waals surface area contributed by atoms with Gasteiger partial charge in [0.25, 0.3) is 0 Å². The fourth-order valence-electron chi connectivity index (χ4n) is 5.05. The van der Waals surface area contributed by atoms with E-state index in [2.05, 4.69) is 19.9 Å². The third-order valence-corrected chi connectivity index (χ3v) is 6.27. The molecule has 2 aliphatic heterocycles. The molecule has 0 N–H and O–H groups in total. The summed E-state index contributed by atoms with van der Waals surface area (Å²) in [7, 11) is 0. The Labute approximate surface area is 144 Å². The second-order valence-corrected chi connectivity index (χ2v) is 7.73. The van der Waals surface area contributed by atoms with Crippen molar-refractivity contribution in [1.82, 2.24) is 24.6 Å². The predicted molar refractivity (Wildman–Crippen MR) is 91.3 cm³/mol. The van der Waals surface area contributed by atoms with Gasteiger partial charge in [-0.1, -0.05) is 12.8 Å². The minimum atomic E-state index is 0.358. The average molecular weight is 331 g/mol. The van der Waals surface area contributed by atoms with Crippen LogP contribution in [0.5, 0.6) is 0 Å². The summed E-state index contributed by atoms with van der Waals surface area (Å²) in [6.45, 7) is 3.44. The van der Waals surface area contributed by atoms with Crippen LogP contribution in [0.4, 0.5) is 0 Å². The van der Waals surface area contributed by atoms with Gasteiger partial charge in [0.2, 0.25) is 5.91 Å². The Morgan fingerprint density at radius 1 is 1.04 bits per heavy atom. The van der Waals surface area contributed by atoms with Crippen molar-refractivity contribution in [2.45, 2.75) is 70.0 Å². The number of fused-ring (bicyclic) bond motifs is 1. The molecule has 132 valence electrons. The lowest BCUT2D eigenvalue weighted by Gasteiger charge is -2.44. The van der Waals surface area contributed by atoms with E-state index < -0.39 is 0 Å². The van der Waals surface area contributed by atoms with Gasteiger partial charge in [0, 0.05) is 18.6 Å². The minimum absolute atomic E-state index is 0.358. The smallest absolute Gasteiger partial charge is 0.237 e. The van der Waals surface area contributed by atoms with E-state index in [1.54, 1.807) is 12.7 Å². The number of hydrogen-bond acceptors (Lipinski definition) is 4. The summed E-state index contributed by atoms with van der Waals surface area (Å²) in [4.78, 5) is 21.6. The number of carbonyl (C=O) groups is 1. The molecule has 1 saturated carbocycles. The zero-order chi connectivity index (χ0) is 16.4. The molecule has 0 bridgehead atoms. The number of likely N-dealkylation sites (tertiary alicyclic amines) is 2. The number of aromatic nitrogens is 3. The second-order valence-electron chi connectivity index (χ2n) is 7.73. The Balaban J connectivity index is 1.37. The largest absolute Gasteiger partial charge is 0.338 e. The first-order chi connectivity index (χ1) is 11.8. The standard InChI is InChI=1S/C18H29N5O/c24-18(23-10-3-6-15-5-1-2-8-17(15)23)12-21-9-4-7-16(21)11-22-14-19-13-20-22/h13-17H,1-12H2/t15-,16-,17-/m1/s1. The van der Waals surface area contributed by atoms with Gasteiger partial charge in [0.05, 0.1) is 13.1 Å². The molecule has 6 nitrogen and oxygen atoms in total. The zero-order valence-corrected chi connectivity index (χ0v) is 14.5. The Morgan fingerprint density at radius 3 is 2.75 bits per heavy atom. The Morgan fingerprint density at radius 2 is 1.88 bits per heavy atom.